The van der Waals surface area contributed by atoms with E-state index in [0.717, 1.165) is 5.69 Å². The second-order valence-corrected chi connectivity index (χ2v) is 2.52. The van der Waals surface area contributed by atoms with E-state index in [0.29, 0.717) is 6.61 Å². The number of ether oxygens (including phenoxy) is 1. The number of benzene rings is 1. The largest absolute Gasteiger partial charge is 0.449 e. The Kier molecular flexibility index (Phi) is 3.31. The molecule has 0 saturated carbocycles. The van der Waals surface area contributed by atoms with Gasteiger partial charge in [0.15, 0.2) is 0 Å². The summed E-state index contributed by atoms with van der Waals surface area (Å²) in [4.78, 5) is 12.7. The fourth-order valence-electron chi connectivity index (χ4n) is 0.918. The van der Waals surface area contributed by atoms with Gasteiger partial charge in [0, 0.05) is 12.7 Å². The van der Waals surface area contributed by atoms with Crippen LogP contribution in [0.2, 0.25) is 0 Å². The van der Waals surface area contributed by atoms with Crippen LogP contribution in [0.5, 0.6) is 0 Å². The highest BCUT2D eigenvalue weighted by molar-refractivity contribution is 5.86. The van der Waals surface area contributed by atoms with Crippen LogP contribution in [0, 0.1) is 6.07 Å². The summed E-state index contributed by atoms with van der Waals surface area (Å²) >= 11 is 0. The molecule has 0 aliphatic heterocycles. The first-order chi connectivity index (χ1) is 6.25. The van der Waals surface area contributed by atoms with E-state index in [4.69, 9.17) is 4.74 Å². The SMILES string of the molecule is CCOC(=O)N(C)c1c[c]ccc1. The lowest BCUT2D eigenvalue weighted by Crippen LogP contribution is -2.26. The highest BCUT2D eigenvalue weighted by Crippen LogP contribution is 2.11. The lowest BCUT2D eigenvalue weighted by molar-refractivity contribution is 0.161. The Labute approximate surface area is 77.9 Å². The maximum atomic E-state index is 11.2. The average Bonchev–Trinajstić information content (AvgIpc) is 2.18. The zero-order valence-corrected chi connectivity index (χ0v) is 7.78. The average molecular weight is 178 g/mol. The molecule has 0 spiro atoms. The molecule has 0 aliphatic rings. The third-order valence-electron chi connectivity index (χ3n) is 1.62. The van der Waals surface area contributed by atoms with Gasteiger partial charge in [-0.2, -0.15) is 0 Å². The minimum Gasteiger partial charge on any atom is -0.449 e. The van der Waals surface area contributed by atoms with Gasteiger partial charge in [-0.1, -0.05) is 12.1 Å². The molecule has 0 N–H and O–H groups in total. The minimum atomic E-state index is -0.345. The summed E-state index contributed by atoms with van der Waals surface area (Å²) in [6.45, 7) is 2.17. The molecule has 0 atom stereocenters. The van der Waals surface area contributed by atoms with Crippen LogP contribution >= 0.6 is 0 Å². The van der Waals surface area contributed by atoms with Crippen LogP contribution in [0.25, 0.3) is 0 Å². The van der Waals surface area contributed by atoms with Crippen molar-refractivity contribution in [2.45, 2.75) is 6.92 Å². The van der Waals surface area contributed by atoms with Gasteiger partial charge in [-0.05, 0) is 25.1 Å². The summed E-state index contributed by atoms with van der Waals surface area (Å²) in [5.74, 6) is 0. The molecule has 0 saturated heterocycles. The van der Waals surface area contributed by atoms with Gasteiger partial charge in [0.25, 0.3) is 0 Å². The van der Waals surface area contributed by atoms with Crippen LogP contribution in [0.1, 0.15) is 6.92 Å². The summed E-state index contributed by atoms with van der Waals surface area (Å²) in [6, 6.07) is 10.1. The van der Waals surface area contributed by atoms with Crippen molar-refractivity contribution in [3.63, 3.8) is 0 Å². The highest BCUT2D eigenvalue weighted by atomic mass is 16.5. The van der Waals surface area contributed by atoms with Crippen molar-refractivity contribution in [2.75, 3.05) is 18.6 Å². The lowest BCUT2D eigenvalue weighted by atomic mass is 10.3. The molecule has 3 nitrogen and oxygen atoms in total. The summed E-state index contributed by atoms with van der Waals surface area (Å²) in [7, 11) is 1.67. The van der Waals surface area contributed by atoms with Crippen LogP contribution in [0.15, 0.2) is 24.3 Å². The lowest BCUT2D eigenvalue weighted by Gasteiger charge is -2.15. The highest BCUT2D eigenvalue weighted by Gasteiger charge is 2.09. The van der Waals surface area contributed by atoms with Gasteiger partial charge in [-0.3, -0.25) is 4.90 Å². The van der Waals surface area contributed by atoms with Gasteiger partial charge >= 0.3 is 6.09 Å². The maximum Gasteiger partial charge on any atom is 0.413 e. The van der Waals surface area contributed by atoms with Crippen molar-refractivity contribution in [2.24, 2.45) is 0 Å². The number of hydrogen-bond acceptors (Lipinski definition) is 2. The molecule has 1 aromatic carbocycles. The summed E-state index contributed by atoms with van der Waals surface area (Å²) < 4.78 is 4.83. The number of nitrogens with zero attached hydrogens (tertiary/aromatic N) is 1. The molecule has 1 aromatic rings. The number of amides is 1. The van der Waals surface area contributed by atoms with E-state index in [1.165, 1.54) is 4.90 Å². The van der Waals surface area contributed by atoms with Gasteiger partial charge in [0.05, 0.1) is 6.61 Å². The van der Waals surface area contributed by atoms with E-state index >= 15 is 0 Å². The van der Waals surface area contributed by atoms with E-state index in [2.05, 4.69) is 6.07 Å². The third kappa shape index (κ3) is 2.47. The van der Waals surface area contributed by atoms with Gasteiger partial charge in [-0.25, -0.2) is 4.79 Å². The normalized spacial score (nSPS) is 9.38. The molecule has 0 aliphatic carbocycles. The first kappa shape index (κ1) is 9.58. The van der Waals surface area contributed by atoms with Crippen LogP contribution < -0.4 is 4.90 Å². The van der Waals surface area contributed by atoms with Gasteiger partial charge < -0.3 is 4.74 Å². The number of carbonyl (C=O) groups excluding carboxylic acids is 1. The molecule has 0 fully saturated rings. The van der Waals surface area contributed by atoms with E-state index in [9.17, 15) is 4.79 Å². The van der Waals surface area contributed by atoms with Crippen molar-refractivity contribution in [1.82, 2.24) is 0 Å². The number of rotatable bonds is 2. The molecule has 0 heterocycles. The van der Waals surface area contributed by atoms with Crippen molar-refractivity contribution in [3.8, 4) is 0 Å². The van der Waals surface area contributed by atoms with Crippen LogP contribution in [-0.2, 0) is 4.74 Å². The minimum absolute atomic E-state index is 0.345. The van der Waals surface area contributed by atoms with Gasteiger partial charge in [0.2, 0.25) is 0 Å². The Morgan fingerprint density at radius 3 is 3.00 bits per heavy atom. The number of hydrogen-bond donors (Lipinski definition) is 0. The van der Waals surface area contributed by atoms with Crippen molar-refractivity contribution >= 4 is 11.8 Å². The van der Waals surface area contributed by atoms with E-state index in [1.54, 1.807) is 26.1 Å². The van der Waals surface area contributed by atoms with E-state index in [1.807, 2.05) is 12.1 Å². The molecule has 1 amide bonds. The predicted molar refractivity (Wildman–Crippen MR) is 50.7 cm³/mol. The quantitative estimate of drug-likeness (QED) is 0.693. The fraction of sp³-hybridized carbons (Fsp3) is 0.300. The third-order valence-corrected chi connectivity index (χ3v) is 1.62. The van der Waals surface area contributed by atoms with Crippen LogP contribution in [0.4, 0.5) is 10.5 Å². The summed E-state index contributed by atoms with van der Waals surface area (Å²) in [5.41, 5.74) is 0.779. The monoisotopic (exact) mass is 178 g/mol. The Balaban J connectivity index is 2.68. The molecule has 3 heteroatoms. The fourth-order valence-corrected chi connectivity index (χ4v) is 0.918. The van der Waals surface area contributed by atoms with Crippen LogP contribution in [0.3, 0.4) is 0 Å². The smallest absolute Gasteiger partial charge is 0.413 e. The van der Waals surface area contributed by atoms with Crippen molar-refractivity contribution in [3.05, 3.63) is 30.3 Å². The molecule has 1 rings (SSSR count). The maximum absolute atomic E-state index is 11.2. The topological polar surface area (TPSA) is 29.5 Å². The number of carbonyl (C=O) groups is 1. The molecule has 69 valence electrons. The summed E-state index contributed by atoms with van der Waals surface area (Å²) in [6.07, 6.45) is -0.345. The molecular formula is C10H12NO2. The molecule has 0 unspecified atom stereocenters. The van der Waals surface area contributed by atoms with E-state index < -0.39 is 0 Å². The molecular weight excluding hydrogens is 166 g/mol. The van der Waals surface area contributed by atoms with Crippen molar-refractivity contribution < 1.29 is 9.53 Å². The Hall–Kier alpha value is -1.51. The van der Waals surface area contributed by atoms with Gasteiger partial charge in [-0.15, -0.1) is 0 Å². The molecule has 1 radical (unpaired) electrons. The zero-order chi connectivity index (χ0) is 9.68. The van der Waals surface area contributed by atoms with Crippen molar-refractivity contribution in [1.29, 1.82) is 0 Å². The first-order valence-corrected chi connectivity index (χ1v) is 4.12. The van der Waals surface area contributed by atoms with E-state index in [-0.39, 0.29) is 6.09 Å². The first-order valence-electron chi connectivity index (χ1n) is 4.12. The Bertz CT molecular complexity index is 272. The second-order valence-electron chi connectivity index (χ2n) is 2.52. The molecule has 13 heavy (non-hydrogen) atoms. The Morgan fingerprint density at radius 1 is 1.69 bits per heavy atom. The zero-order valence-electron chi connectivity index (χ0n) is 7.78. The second kappa shape index (κ2) is 4.50. The molecule has 0 aromatic heterocycles. The van der Waals surface area contributed by atoms with Crippen LogP contribution in [-0.4, -0.2) is 19.7 Å². The summed E-state index contributed by atoms with van der Waals surface area (Å²) in [5, 5.41) is 0. The number of anilines is 1. The molecule has 0 bridgehead atoms. The predicted octanol–water partition coefficient (Wildman–Crippen LogP) is 2.08. The standard InChI is InChI=1S/C10H12NO2/c1-3-13-10(12)11(2)9-7-5-4-6-8-9/h4-5,7-8H,3H2,1-2H3. The Morgan fingerprint density at radius 2 is 2.46 bits per heavy atom. The van der Waals surface area contributed by atoms with Gasteiger partial charge in [0.1, 0.15) is 0 Å².